The van der Waals surface area contributed by atoms with Crippen molar-refractivity contribution in [3.63, 3.8) is 0 Å². The van der Waals surface area contributed by atoms with Gasteiger partial charge in [0.2, 0.25) is 5.91 Å². The van der Waals surface area contributed by atoms with E-state index >= 15 is 0 Å². The van der Waals surface area contributed by atoms with Crippen LogP contribution < -0.4 is 16.4 Å². The van der Waals surface area contributed by atoms with Gasteiger partial charge in [0.1, 0.15) is 0 Å². The Morgan fingerprint density at radius 2 is 1.92 bits per heavy atom. The molecule has 1 heterocycles. The van der Waals surface area contributed by atoms with E-state index in [-0.39, 0.29) is 22.1 Å². The summed E-state index contributed by atoms with van der Waals surface area (Å²) in [5, 5.41) is 5.64. The number of anilines is 2. The average Bonchev–Trinajstić information content (AvgIpc) is 3.02. The minimum absolute atomic E-state index is 0.180. The maximum absolute atomic E-state index is 12.1. The Balaban J connectivity index is 2.07. The molecule has 0 aliphatic heterocycles. The van der Waals surface area contributed by atoms with E-state index in [0.717, 1.165) is 0 Å². The van der Waals surface area contributed by atoms with Crippen molar-refractivity contribution < 1.29 is 14.0 Å². The molecule has 0 bridgehead atoms. The van der Waals surface area contributed by atoms with Gasteiger partial charge in [0, 0.05) is 5.69 Å². The van der Waals surface area contributed by atoms with Crippen molar-refractivity contribution in [3.8, 4) is 0 Å². The molecule has 0 aliphatic carbocycles. The monoisotopic (exact) mass is 349 g/mol. The van der Waals surface area contributed by atoms with E-state index in [4.69, 9.17) is 21.8 Å². The van der Waals surface area contributed by atoms with Crippen LogP contribution >= 0.6 is 11.6 Å². The van der Waals surface area contributed by atoms with E-state index in [1.54, 1.807) is 30.3 Å². The molecular formula is C17H20ClN3O3. The maximum atomic E-state index is 12.1. The Bertz CT molecular complexity index is 736. The van der Waals surface area contributed by atoms with Gasteiger partial charge in [-0.25, -0.2) is 0 Å². The van der Waals surface area contributed by atoms with E-state index in [1.807, 2.05) is 20.8 Å². The van der Waals surface area contributed by atoms with E-state index < -0.39 is 11.9 Å². The number of furan rings is 1. The lowest BCUT2D eigenvalue weighted by Gasteiger charge is -2.25. The molecule has 0 radical (unpaired) electrons. The molecule has 0 saturated carbocycles. The summed E-state index contributed by atoms with van der Waals surface area (Å²) >= 11 is 6.16. The van der Waals surface area contributed by atoms with E-state index in [2.05, 4.69) is 10.6 Å². The highest BCUT2D eigenvalue weighted by Crippen LogP contribution is 2.27. The highest BCUT2D eigenvalue weighted by Gasteiger charge is 2.27. The lowest BCUT2D eigenvalue weighted by atomic mass is 9.87. The maximum Gasteiger partial charge on any atom is 0.291 e. The van der Waals surface area contributed by atoms with Crippen molar-refractivity contribution in [2.24, 2.45) is 11.1 Å². The number of benzene rings is 1. The van der Waals surface area contributed by atoms with E-state index in [0.29, 0.717) is 11.4 Å². The first kappa shape index (κ1) is 18.0. The van der Waals surface area contributed by atoms with Gasteiger partial charge in [0.25, 0.3) is 5.91 Å². The van der Waals surface area contributed by atoms with Gasteiger partial charge in [0.15, 0.2) is 5.76 Å². The Kier molecular flexibility index (Phi) is 5.31. The molecule has 0 spiro atoms. The van der Waals surface area contributed by atoms with Gasteiger partial charge < -0.3 is 20.8 Å². The van der Waals surface area contributed by atoms with Gasteiger partial charge >= 0.3 is 0 Å². The van der Waals surface area contributed by atoms with Crippen LogP contribution in [0.15, 0.2) is 41.0 Å². The standard InChI is InChI=1S/C17H20ClN3O3/c1-17(2,3)14(19)16(23)20-10-6-7-12(11(18)9-10)21-15(22)13-5-4-8-24-13/h4-9,14H,19H2,1-3H3,(H,20,23)(H,21,22)/t14-/m1/s1. The summed E-state index contributed by atoms with van der Waals surface area (Å²) in [6.07, 6.45) is 1.41. The van der Waals surface area contributed by atoms with Crippen molar-refractivity contribution in [2.75, 3.05) is 10.6 Å². The topological polar surface area (TPSA) is 97.4 Å². The van der Waals surface area contributed by atoms with Crippen molar-refractivity contribution in [1.29, 1.82) is 0 Å². The first-order valence-electron chi connectivity index (χ1n) is 7.39. The fraction of sp³-hybridized carbons (Fsp3) is 0.294. The van der Waals surface area contributed by atoms with Crippen molar-refractivity contribution in [1.82, 2.24) is 0 Å². The molecular weight excluding hydrogens is 330 g/mol. The number of hydrogen-bond donors (Lipinski definition) is 3. The summed E-state index contributed by atoms with van der Waals surface area (Å²) < 4.78 is 5.02. The van der Waals surface area contributed by atoms with Crippen LogP contribution in [-0.4, -0.2) is 17.9 Å². The zero-order chi connectivity index (χ0) is 17.9. The average molecular weight is 350 g/mol. The molecule has 128 valence electrons. The number of hydrogen-bond acceptors (Lipinski definition) is 4. The largest absolute Gasteiger partial charge is 0.459 e. The number of nitrogens with two attached hydrogens (primary N) is 1. The molecule has 0 unspecified atom stereocenters. The number of halogens is 1. The lowest BCUT2D eigenvalue weighted by molar-refractivity contribution is -0.119. The summed E-state index contributed by atoms with van der Waals surface area (Å²) in [5.41, 5.74) is 6.48. The second kappa shape index (κ2) is 7.07. The van der Waals surface area contributed by atoms with Crippen molar-refractivity contribution in [2.45, 2.75) is 26.8 Å². The Labute approximate surface area is 145 Å². The number of carbonyl (C=O) groups excluding carboxylic acids is 2. The summed E-state index contributed by atoms with van der Waals surface area (Å²) in [6.45, 7) is 5.66. The van der Waals surface area contributed by atoms with Gasteiger partial charge in [0.05, 0.1) is 23.0 Å². The third-order valence-corrected chi connectivity index (χ3v) is 3.76. The number of rotatable bonds is 4. The third kappa shape index (κ3) is 4.37. The molecule has 1 atom stereocenters. The summed E-state index contributed by atoms with van der Waals surface area (Å²) in [4.78, 5) is 24.1. The molecule has 24 heavy (non-hydrogen) atoms. The van der Waals surface area contributed by atoms with Gasteiger partial charge in [-0.1, -0.05) is 32.4 Å². The minimum atomic E-state index is -0.658. The van der Waals surface area contributed by atoms with Crippen LogP contribution in [0.3, 0.4) is 0 Å². The SMILES string of the molecule is CC(C)(C)[C@H](N)C(=O)Nc1ccc(NC(=O)c2ccco2)c(Cl)c1. The van der Waals surface area contributed by atoms with Crippen LogP contribution in [0.1, 0.15) is 31.3 Å². The molecule has 0 saturated heterocycles. The van der Waals surface area contributed by atoms with Crippen LogP contribution in [0.25, 0.3) is 0 Å². The first-order chi connectivity index (χ1) is 11.2. The van der Waals surface area contributed by atoms with Crippen molar-refractivity contribution >= 4 is 34.8 Å². The Morgan fingerprint density at radius 1 is 1.21 bits per heavy atom. The molecule has 7 heteroatoms. The lowest BCUT2D eigenvalue weighted by Crippen LogP contribution is -2.45. The molecule has 1 aromatic heterocycles. The van der Waals surface area contributed by atoms with Crippen LogP contribution in [0.4, 0.5) is 11.4 Å². The Morgan fingerprint density at radius 3 is 2.46 bits per heavy atom. The van der Waals surface area contributed by atoms with E-state index in [1.165, 1.54) is 6.26 Å². The number of amides is 2. The van der Waals surface area contributed by atoms with Crippen LogP contribution in [0.5, 0.6) is 0 Å². The highest BCUT2D eigenvalue weighted by molar-refractivity contribution is 6.34. The zero-order valence-corrected chi connectivity index (χ0v) is 14.5. The second-order valence-electron chi connectivity index (χ2n) is 6.46. The predicted molar refractivity (Wildman–Crippen MR) is 94.2 cm³/mol. The molecule has 0 fully saturated rings. The van der Waals surface area contributed by atoms with Gasteiger partial charge in [-0.2, -0.15) is 0 Å². The molecule has 1 aromatic carbocycles. The summed E-state index contributed by atoms with van der Waals surface area (Å²) in [7, 11) is 0. The molecule has 2 amide bonds. The minimum Gasteiger partial charge on any atom is -0.459 e. The summed E-state index contributed by atoms with van der Waals surface area (Å²) in [5.74, 6) is -0.529. The second-order valence-corrected chi connectivity index (χ2v) is 6.87. The molecule has 2 rings (SSSR count). The fourth-order valence-electron chi connectivity index (χ4n) is 1.90. The number of carbonyl (C=O) groups is 2. The normalized spacial score (nSPS) is 12.5. The van der Waals surface area contributed by atoms with Gasteiger partial charge in [-0.3, -0.25) is 9.59 Å². The molecule has 2 aromatic rings. The zero-order valence-electron chi connectivity index (χ0n) is 13.7. The molecule has 6 nitrogen and oxygen atoms in total. The first-order valence-corrected chi connectivity index (χ1v) is 7.77. The van der Waals surface area contributed by atoms with Gasteiger partial charge in [-0.05, 0) is 35.7 Å². The molecule has 4 N–H and O–H groups in total. The van der Waals surface area contributed by atoms with Crippen LogP contribution in [0.2, 0.25) is 5.02 Å². The number of nitrogens with one attached hydrogen (secondary N) is 2. The third-order valence-electron chi connectivity index (χ3n) is 3.45. The van der Waals surface area contributed by atoms with E-state index in [9.17, 15) is 9.59 Å². The molecule has 0 aliphatic rings. The predicted octanol–water partition coefficient (Wildman–Crippen LogP) is 3.50. The fourth-order valence-corrected chi connectivity index (χ4v) is 2.13. The smallest absolute Gasteiger partial charge is 0.291 e. The van der Waals surface area contributed by atoms with Crippen LogP contribution in [0, 0.1) is 5.41 Å². The van der Waals surface area contributed by atoms with Crippen molar-refractivity contribution in [3.05, 3.63) is 47.4 Å². The highest BCUT2D eigenvalue weighted by atomic mass is 35.5. The Hall–Kier alpha value is -2.31. The summed E-state index contributed by atoms with van der Waals surface area (Å²) in [6, 6.07) is 7.29. The van der Waals surface area contributed by atoms with Crippen LogP contribution in [-0.2, 0) is 4.79 Å². The quantitative estimate of drug-likeness (QED) is 0.786. The van der Waals surface area contributed by atoms with Gasteiger partial charge in [-0.15, -0.1) is 0 Å².